The topological polar surface area (TPSA) is 90.4 Å². The molecule has 0 radical (unpaired) electrons. The zero-order valence-electron chi connectivity index (χ0n) is 16.5. The van der Waals surface area contributed by atoms with Gasteiger partial charge in [-0.2, -0.15) is 4.98 Å². The Morgan fingerprint density at radius 2 is 1.93 bits per heavy atom. The van der Waals surface area contributed by atoms with Gasteiger partial charge in [0.25, 0.3) is 0 Å². The first kappa shape index (κ1) is 18.8. The second-order valence-corrected chi connectivity index (χ2v) is 6.88. The lowest BCUT2D eigenvalue weighted by Crippen LogP contribution is -2.36. The fourth-order valence-electron chi connectivity index (χ4n) is 3.10. The molecular weight excluding hydrogens is 344 g/mol. The third kappa shape index (κ3) is 4.07. The molecule has 0 fully saturated rings. The van der Waals surface area contributed by atoms with Crippen molar-refractivity contribution in [3.63, 3.8) is 0 Å². The molecule has 0 bridgehead atoms. The SMILES string of the molecule is CNc1ncc(CN(C)c2nc(N(C)C)nc3c2CCN(C(C)=O)C3)cn1. The molecule has 0 spiro atoms. The van der Waals surface area contributed by atoms with E-state index in [1.807, 2.05) is 43.3 Å². The molecule has 2 aromatic rings. The van der Waals surface area contributed by atoms with Crippen LogP contribution in [0.2, 0.25) is 0 Å². The van der Waals surface area contributed by atoms with Gasteiger partial charge in [-0.15, -0.1) is 0 Å². The number of hydrogen-bond donors (Lipinski definition) is 1. The third-order valence-corrected chi connectivity index (χ3v) is 4.59. The van der Waals surface area contributed by atoms with Gasteiger partial charge < -0.3 is 20.0 Å². The number of carbonyl (C=O) groups excluding carboxylic acids is 1. The largest absolute Gasteiger partial charge is 0.357 e. The predicted octanol–water partition coefficient (Wildman–Crippen LogP) is 0.915. The van der Waals surface area contributed by atoms with Crippen molar-refractivity contribution in [3.8, 4) is 0 Å². The molecule has 0 saturated heterocycles. The van der Waals surface area contributed by atoms with Crippen LogP contribution in [0.1, 0.15) is 23.7 Å². The summed E-state index contributed by atoms with van der Waals surface area (Å²) in [6, 6.07) is 0. The van der Waals surface area contributed by atoms with Crippen LogP contribution in [-0.4, -0.2) is 65.5 Å². The van der Waals surface area contributed by atoms with Crippen molar-refractivity contribution < 1.29 is 4.79 Å². The molecule has 1 aliphatic heterocycles. The van der Waals surface area contributed by atoms with Crippen LogP contribution in [0.25, 0.3) is 0 Å². The lowest BCUT2D eigenvalue weighted by Gasteiger charge is -2.31. The maximum absolute atomic E-state index is 11.8. The summed E-state index contributed by atoms with van der Waals surface area (Å²) in [6.07, 6.45) is 4.37. The first-order chi connectivity index (χ1) is 12.9. The standard InChI is InChI=1S/C18H26N8O/c1-12(27)26-7-6-14-15(11-26)22-18(24(3)4)23-16(14)25(5)10-13-8-20-17(19-2)21-9-13/h8-9H,6-7,10-11H2,1-5H3,(H,19,20,21). The Morgan fingerprint density at radius 3 is 2.52 bits per heavy atom. The van der Waals surface area contributed by atoms with Crippen LogP contribution in [-0.2, 0) is 24.3 Å². The van der Waals surface area contributed by atoms with Crippen LogP contribution in [0.4, 0.5) is 17.7 Å². The summed E-state index contributed by atoms with van der Waals surface area (Å²) < 4.78 is 0. The number of amides is 1. The zero-order chi connectivity index (χ0) is 19.6. The van der Waals surface area contributed by atoms with E-state index >= 15 is 0 Å². The monoisotopic (exact) mass is 370 g/mol. The van der Waals surface area contributed by atoms with Gasteiger partial charge in [0.15, 0.2) is 0 Å². The Hall–Kier alpha value is -2.97. The second-order valence-electron chi connectivity index (χ2n) is 6.88. The molecule has 1 amide bonds. The number of nitrogens with zero attached hydrogens (tertiary/aromatic N) is 7. The summed E-state index contributed by atoms with van der Waals surface area (Å²) in [6.45, 7) is 3.44. The van der Waals surface area contributed by atoms with E-state index in [2.05, 4.69) is 25.2 Å². The van der Waals surface area contributed by atoms with Gasteiger partial charge in [0.2, 0.25) is 17.8 Å². The number of anilines is 3. The molecule has 1 aliphatic rings. The van der Waals surface area contributed by atoms with Crippen LogP contribution in [0.15, 0.2) is 12.4 Å². The van der Waals surface area contributed by atoms with Crippen molar-refractivity contribution in [3.05, 3.63) is 29.2 Å². The molecule has 2 aromatic heterocycles. The van der Waals surface area contributed by atoms with Gasteiger partial charge in [0.05, 0.1) is 12.2 Å². The Kier molecular flexibility index (Phi) is 5.38. The van der Waals surface area contributed by atoms with Crippen LogP contribution < -0.4 is 15.1 Å². The van der Waals surface area contributed by atoms with E-state index in [9.17, 15) is 4.79 Å². The van der Waals surface area contributed by atoms with Gasteiger partial charge in [-0.1, -0.05) is 0 Å². The van der Waals surface area contributed by atoms with Crippen molar-refractivity contribution >= 4 is 23.6 Å². The molecule has 27 heavy (non-hydrogen) atoms. The molecule has 3 rings (SSSR count). The normalized spacial score (nSPS) is 13.1. The van der Waals surface area contributed by atoms with Gasteiger partial charge in [-0.25, -0.2) is 15.0 Å². The van der Waals surface area contributed by atoms with Crippen LogP contribution in [0.3, 0.4) is 0 Å². The number of rotatable bonds is 5. The first-order valence-corrected chi connectivity index (χ1v) is 8.91. The first-order valence-electron chi connectivity index (χ1n) is 8.91. The van der Waals surface area contributed by atoms with Gasteiger partial charge in [-0.05, 0) is 6.42 Å². The van der Waals surface area contributed by atoms with Gasteiger partial charge in [0.1, 0.15) is 5.82 Å². The van der Waals surface area contributed by atoms with Crippen molar-refractivity contribution in [1.82, 2.24) is 24.8 Å². The molecule has 144 valence electrons. The fraction of sp³-hybridized carbons (Fsp3) is 0.500. The summed E-state index contributed by atoms with van der Waals surface area (Å²) >= 11 is 0. The maximum atomic E-state index is 11.8. The molecule has 1 N–H and O–H groups in total. The van der Waals surface area contributed by atoms with Crippen LogP contribution >= 0.6 is 0 Å². The zero-order valence-corrected chi connectivity index (χ0v) is 16.5. The van der Waals surface area contributed by atoms with Crippen LogP contribution in [0, 0.1) is 0 Å². The van der Waals surface area contributed by atoms with Gasteiger partial charge in [-0.3, -0.25) is 4.79 Å². The second kappa shape index (κ2) is 7.73. The van der Waals surface area contributed by atoms with E-state index < -0.39 is 0 Å². The lowest BCUT2D eigenvalue weighted by atomic mass is 10.0. The van der Waals surface area contributed by atoms with E-state index in [-0.39, 0.29) is 5.91 Å². The molecule has 9 heteroatoms. The van der Waals surface area contributed by atoms with E-state index in [1.165, 1.54) is 0 Å². The molecule has 0 aromatic carbocycles. The van der Waals surface area contributed by atoms with E-state index in [0.717, 1.165) is 29.1 Å². The summed E-state index contributed by atoms with van der Waals surface area (Å²) in [5, 5.41) is 2.92. The number of hydrogen-bond acceptors (Lipinski definition) is 8. The molecule has 0 atom stereocenters. The summed E-state index contributed by atoms with van der Waals surface area (Å²) in [5.41, 5.74) is 3.02. The number of carbonyl (C=O) groups is 1. The Bertz CT molecular complexity index is 821. The summed E-state index contributed by atoms with van der Waals surface area (Å²) in [5.74, 6) is 2.20. The minimum absolute atomic E-state index is 0.0716. The number of nitrogens with one attached hydrogen (secondary N) is 1. The van der Waals surface area contributed by atoms with Crippen LogP contribution in [0.5, 0.6) is 0 Å². The smallest absolute Gasteiger partial charge is 0.227 e. The highest BCUT2D eigenvalue weighted by molar-refractivity contribution is 5.73. The summed E-state index contributed by atoms with van der Waals surface area (Å²) in [4.78, 5) is 35.6. The maximum Gasteiger partial charge on any atom is 0.227 e. The third-order valence-electron chi connectivity index (χ3n) is 4.59. The average Bonchev–Trinajstić information content (AvgIpc) is 2.66. The Balaban J connectivity index is 1.92. The van der Waals surface area contributed by atoms with Crippen molar-refractivity contribution in [1.29, 1.82) is 0 Å². The minimum Gasteiger partial charge on any atom is -0.357 e. The molecule has 0 aliphatic carbocycles. The highest BCUT2D eigenvalue weighted by Crippen LogP contribution is 2.28. The molecule has 3 heterocycles. The Morgan fingerprint density at radius 1 is 1.22 bits per heavy atom. The number of aromatic nitrogens is 4. The van der Waals surface area contributed by atoms with Gasteiger partial charge in [0, 0.05) is 71.7 Å². The number of fused-ring (bicyclic) bond motifs is 1. The molecule has 9 nitrogen and oxygen atoms in total. The highest BCUT2D eigenvalue weighted by atomic mass is 16.2. The van der Waals surface area contributed by atoms with Gasteiger partial charge >= 0.3 is 0 Å². The predicted molar refractivity (Wildman–Crippen MR) is 105 cm³/mol. The minimum atomic E-state index is 0.0716. The highest BCUT2D eigenvalue weighted by Gasteiger charge is 2.25. The van der Waals surface area contributed by atoms with Crippen molar-refractivity contribution in [2.45, 2.75) is 26.4 Å². The summed E-state index contributed by atoms with van der Waals surface area (Å²) in [7, 11) is 7.63. The van der Waals surface area contributed by atoms with E-state index in [0.29, 0.717) is 31.5 Å². The quantitative estimate of drug-likeness (QED) is 0.831. The van der Waals surface area contributed by atoms with E-state index in [4.69, 9.17) is 4.98 Å². The molecular formula is C18H26N8O. The van der Waals surface area contributed by atoms with Crippen molar-refractivity contribution in [2.24, 2.45) is 0 Å². The van der Waals surface area contributed by atoms with Crippen molar-refractivity contribution in [2.75, 3.05) is 49.9 Å². The Labute approximate surface area is 159 Å². The lowest BCUT2D eigenvalue weighted by molar-refractivity contribution is -0.129. The molecule has 0 unspecified atom stereocenters. The average molecular weight is 370 g/mol. The van der Waals surface area contributed by atoms with E-state index in [1.54, 1.807) is 14.0 Å². The fourth-order valence-corrected chi connectivity index (χ4v) is 3.10. The molecule has 0 saturated carbocycles.